The van der Waals surface area contributed by atoms with E-state index < -0.39 is 30.2 Å². The van der Waals surface area contributed by atoms with Crippen LogP contribution in [0.4, 0.5) is 0 Å². The van der Waals surface area contributed by atoms with Crippen LogP contribution in [0, 0.1) is 0 Å². The van der Waals surface area contributed by atoms with Gasteiger partial charge in [0.25, 0.3) is 5.56 Å². The number of aromatic amines is 1. The van der Waals surface area contributed by atoms with E-state index in [1.54, 1.807) is 6.08 Å². The van der Waals surface area contributed by atoms with Crippen molar-refractivity contribution in [1.29, 1.82) is 0 Å². The average molecular weight is 358 g/mol. The lowest BCUT2D eigenvalue weighted by molar-refractivity contribution is -0.0491. The van der Waals surface area contributed by atoms with Gasteiger partial charge in [-0.05, 0) is 11.6 Å². The van der Waals surface area contributed by atoms with Gasteiger partial charge < -0.3 is 14.6 Å². The summed E-state index contributed by atoms with van der Waals surface area (Å²) in [7, 11) is 0. The fourth-order valence-electron chi connectivity index (χ4n) is 2.27. The Kier molecular flexibility index (Phi) is 7.28. The molecule has 26 heavy (non-hydrogen) atoms. The summed E-state index contributed by atoms with van der Waals surface area (Å²) in [6, 6.07) is 9.68. The molecule has 2 N–H and O–H groups in total. The molecule has 1 aromatic carbocycles. The zero-order valence-corrected chi connectivity index (χ0v) is 14.3. The van der Waals surface area contributed by atoms with Crippen LogP contribution in [0.3, 0.4) is 0 Å². The van der Waals surface area contributed by atoms with Gasteiger partial charge in [-0.3, -0.25) is 14.3 Å². The van der Waals surface area contributed by atoms with E-state index in [0.717, 1.165) is 10.1 Å². The van der Waals surface area contributed by atoms with E-state index in [4.69, 9.17) is 9.47 Å². The highest BCUT2D eigenvalue weighted by atomic mass is 16.5. The molecule has 0 aliphatic carbocycles. The minimum atomic E-state index is -0.854. The van der Waals surface area contributed by atoms with E-state index in [2.05, 4.69) is 18.1 Å². The standard InChI is InChI=1S/C19H22N2O5/c1-3-16(13-25-12-14-8-6-5-7-9-14)26-17(4-2)21-10-15(11-22)18(23)20-19(21)24/h3-10,16-17,22H,1-2,11-13H2,(H,20,23,24)/t16-,17+/m0/s1. The first kappa shape index (κ1) is 19.6. The molecule has 2 atom stereocenters. The first-order chi connectivity index (χ1) is 12.6. The average Bonchev–Trinajstić information content (AvgIpc) is 2.66. The summed E-state index contributed by atoms with van der Waals surface area (Å²) >= 11 is 0. The van der Waals surface area contributed by atoms with Crippen molar-refractivity contribution in [2.24, 2.45) is 0 Å². The molecule has 138 valence electrons. The molecule has 0 aliphatic heterocycles. The summed E-state index contributed by atoms with van der Waals surface area (Å²) in [5, 5.41) is 9.20. The first-order valence-electron chi connectivity index (χ1n) is 8.06. The molecular formula is C19H22N2O5. The number of aliphatic hydroxyl groups excluding tert-OH is 1. The van der Waals surface area contributed by atoms with Gasteiger partial charge in [-0.15, -0.1) is 6.58 Å². The molecule has 0 amide bonds. The lowest BCUT2D eigenvalue weighted by Crippen LogP contribution is -2.36. The summed E-state index contributed by atoms with van der Waals surface area (Å²) in [4.78, 5) is 25.7. The van der Waals surface area contributed by atoms with E-state index in [1.807, 2.05) is 30.3 Å². The van der Waals surface area contributed by atoms with Crippen LogP contribution in [0.15, 0.2) is 71.4 Å². The number of ether oxygens (including phenoxy) is 2. The van der Waals surface area contributed by atoms with Crippen molar-refractivity contribution >= 4 is 0 Å². The third kappa shape index (κ3) is 5.13. The fourth-order valence-corrected chi connectivity index (χ4v) is 2.27. The van der Waals surface area contributed by atoms with Crippen molar-refractivity contribution in [2.45, 2.75) is 25.5 Å². The molecule has 2 aromatic rings. The molecule has 1 heterocycles. The van der Waals surface area contributed by atoms with Crippen LogP contribution in [0.25, 0.3) is 0 Å². The van der Waals surface area contributed by atoms with E-state index in [1.165, 1.54) is 12.3 Å². The van der Waals surface area contributed by atoms with Crippen LogP contribution in [0.2, 0.25) is 0 Å². The molecule has 0 saturated heterocycles. The van der Waals surface area contributed by atoms with Gasteiger partial charge in [-0.2, -0.15) is 0 Å². The summed E-state index contributed by atoms with van der Waals surface area (Å²) < 4.78 is 12.6. The van der Waals surface area contributed by atoms with Crippen molar-refractivity contribution in [3.8, 4) is 0 Å². The van der Waals surface area contributed by atoms with Crippen molar-refractivity contribution in [3.05, 3.63) is 93.8 Å². The largest absolute Gasteiger partial charge is 0.391 e. The van der Waals surface area contributed by atoms with Crippen LogP contribution in [0.1, 0.15) is 17.4 Å². The summed E-state index contributed by atoms with van der Waals surface area (Å²) in [5.41, 5.74) is -0.219. The minimum Gasteiger partial charge on any atom is -0.391 e. The van der Waals surface area contributed by atoms with Gasteiger partial charge >= 0.3 is 5.69 Å². The maximum atomic E-state index is 12.0. The van der Waals surface area contributed by atoms with E-state index in [-0.39, 0.29) is 12.2 Å². The summed E-state index contributed by atoms with van der Waals surface area (Å²) in [5.74, 6) is 0. The van der Waals surface area contributed by atoms with Crippen LogP contribution >= 0.6 is 0 Å². The molecule has 0 aliphatic rings. The first-order valence-corrected chi connectivity index (χ1v) is 8.06. The van der Waals surface area contributed by atoms with Crippen molar-refractivity contribution in [1.82, 2.24) is 9.55 Å². The van der Waals surface area contributed by atoms with Crippen molar-refractivity contribution < 1.29 is 14.6 Å². The van der Waals surface area contributed by atoms with Gasteiger partial charge in [0.2, 0.25) is 0 Å². The topological polar surface area (TPSA) is 93.6 Å². The van der Waals surface area contributed by atoms with Gasteiger partial charge in [0, 0.05) is 6.20 Å². The van der Waals surface area contributed by atoms with Gasteiger partial charge in [0.1, 0.15) is 6.10 Å². The quantitative estimate of drug-likeness (QED) is 0.628. The van der Waals surface area contributed by atoms with Gasteiger partial charge in [0.15, 0.2) is 6.23 Å². The number of hydrogen-bond acceptors (Lipinski definition) is 5. The Hall–Kier alpha value is -2.74. The lowest BCUT2D eigenvalue weighted by Gasteiger charge is -2.22. The van der Waals surface area contributed by atoms with Gasteiger partial charge in [-0.1, -0.05) is 43.0 Å². The molecule has 0 spiro atoms. The lowest BCUT2D eigenvalue weighted by atomic mass is 10.2. The maximum absolute atomic E-state index is 12.0. The highest BCUT2D eigenvalue weighted by molar-refractivity contribution is 5.13. The van der Waals surface area contributed by atoms with E-state index in [0.29, 0.717) is 6.61 Å². The normalized spacial score (nSPS) is 13.1. The molecule has 0 unspecified atom stereocenters. The Morgan fingerprint density at radius 2 is 1.92 bits per heavy atom. The number of nitrogens with one attached hydrogen (secondary N) is 1. The van der Waals surface area contributed by atoms with Gasteiger partial charge in [0.05, 0.1) is 25.4 Å². The second-order valence-electron chi connectivity index (χ2n) is 5.52. The Labute approximate surface area is 150 Å². The molecule has 0 saturated carbocycles. The molecule has 0 fully saturated rings. The highest BCUT2D eigenvalue weighted by Gasteiger charge is 2.16. The fraction of sp³-hybridized carbons (Fsp3) is 0.263. The number of hydrogen-bond donors (Lipinski definition) is 2. The summed E-state index contributed by atoms with van der Waals surface area (Å²) in [6.07, 6.45) is 2.86. The Morgan fingerprint density at radius 1 is 1.19 bits per heavy atom. The second kappa shape index (κ2) is 9.67. The molecular weight excluding hydrogens is 336 g/mol. The van der Waals surface area contributed by atoms with E-state index >= 15 is 0 Å². The SMILES string of the molecule is C=C[C@@H](COCc1ccccc1)O[C@H](C=C)n1cc(CO)c(=O)[nH]c1=O. The van der Waals surface area contributed by atoms with E-state index in [9.17, 15) is 14.7 Å². The van der Waals surface area contributed by atoms with Crippen molar-refractivity contribution in [3.63, 3.8) is 0 Å². The number of aliphatic hydroxyl groups is 1. The Morgan fingerprint density at radius 3 is 2.54 bits per heavy atom. The van der Waals surface area contributed by atoms with Crippen LogP contribution in [-0.4, -0.2) is 27.4 Å². The molecule has 2 rings (SSSR count). The monoisotopic (exact) mass is 358 g/mol. The Bertz CT molecular complexity index is 841. The number of H-pyrrole nitrogens is 1. The highest BCUT2D eigenvalue weighted by Crippen LogP contribution is 2.12. The second-order valence-corrected chi connectivity index (χ2v) is 5.52. The van der Waals surface area contributed by atoms with Crippen LogP contribution < -0.4 is 11.2 Å². The number of nitrogens with zero attached hydrogens (tertiary/aromatic N) is 1. The Balaban J connectivity index is 2.05. The molecule has 7 nitrogen and oxygen atoms in total. The number of benzene rings is 1. The minimum absolute atomic E-state index is 0.0514. The van der Waals surface area contributed by atoms with Crippen LogP contribution in [-0.2, 0) is 22.7 Å². The maximum Gasteiger partial charge on any atom is 0.330 e. The zero-order chi connectivity index (χ0) is 18.9. The predicted octanol–water partition coefficient (Wildman–Crippen LogP) is 1.50. The third-order valence-corrected chi connectivity index (χ3v) is 3.66. The predicted molar refractivity (Wildman–Crippen MR) is 97.6 cm³/mol. The van der Waals surface area contributed by atoms with Crippen LogP contribution in [0.5, 0.6) is 0 Å². The number of aromatic nitrogens is 2. The van der Waals surface area contributed by atoms with Gasteiger partial charge in [-0.25, -0.2) is 4.79 Å². The number of rotatable bonds is 10. The molecule has 7 heteroatoms. The smallest absolute Gasteiger partial charge is 0.330 e. The molecule has 0 bridgehead atoms. The zero-order valence-electron chi connectivity index (χ0n) is 14.3. The molecule has 1 aromatic heterocycles. The third-order valence-electron chi connectivity index (χ3n) is 3.66. The van der Waals surface area contributed by atoms with Crippen molar-refractivity contribution in [2.75, 3.05) is 6.61 Å². The summed E-state index contributed by atoms with van der Waals surface area (Å²) in [6.45, 7) is 7.52. The molecule has 0 radical (unpaired) electrons.